The topological polar surface area (TPSA) is 60.6 Å². The summed E-state index contributed by atoms with van der Waals surface area (Å²) in [4.78, 5) is 10.4. The van der Waals surface area contributed by atoms with Gasteiger partial charge in [0, 0.05) is 13.0 Å². The second-order valence-electron chi connectivity index (χ2n) is 1.81. The highest BCUT2D eigenvalue weighted by Gasteiger charge is 2.04. The Labute approximate surface area is 48.4 Å². The van der Waals surface area contributed by atoms with E-state index in [0.717, 1.165) is 25.8 Å². The van der Waals surface area contributed by atoms with Crippen molar-refractivity contribution in [1.29, 1.82) is 0 Å². The highest BCUT2D eigenvalue weighted by atomic mass is 16.1. The van der Waals surface area contributed by atoms with Crippen molar-refractivity contribution in [3.63, 3.8) is 0 Å². The molecule has 0 saturated carbocycles. The minimum absolute atomic E-state index is 0. The van der Waals surface area contributed by atoms with Crippen molar-refractivity contribution in [2.75, 3.05) is 6.54 Å². The first-order valence-electron chi connectivity index (χ1n) is 2.66. The van der Waals surface area contributed by atoms with Gasteiger partial charge in [0.25, 0.3) is 0 Å². The monoisotopic (exact) mass is 117 g/mol. The van der Waals surface area contributed by atoms with Crippen LogP contribution in [0, 0.1) is 0 Å². The van der Waals surface area contributed by atoms with Crippen molar-refractivity contribution in [3.8, 4) is 0 Å². The molecule has 3 nitrogen and oxygen atoms in total. The molecule has 48 valence electrons. The smallest absolute Gasteiger partial charge is 0.219 e. The second kappa shape index (κ2) is 3.43. The van der Waals surface area contributed by atoms with Crippen LogP contribution in [0.5, 0.6) is 0 Å². The van der Waals surface area contributed by atoms with Crippen LogP contribution >= 0.6 is 0 Å². The first-order chi connectivity index (χ1) is 3.39. The van der Waals surface area contributed by atoms with Crippen molar-refractivity contribution in [2.24, 2.45) is 0 Å². The van der Waals surface area contributed by atoms with Crippen LogP contribution in [0.3, 0.4) is 0 Å². The summed E-state index contributed by atoms with van der Waals surface area (Å²) < 4.78 is 0. The van der Waals surface area contributed by atoms with Gasteiger partial charge >= 0.3 is 0 Å². The fourth-order valence-corrected chi connectivity index (χ4v) is 0.727. The Bertz CT molecular complexity index is 74.5. The lowest BCUT2D eigenvalue weighted by molar-refractivity contribution is -0.122. The SMILES string of the molecule is O.O=C1CCCCN1. The molecule has 0 radical (unpaired) electrons. The number of hydrogen-bond donors (Lipinski definition) is 1. The molecule has 0 aromatic rings. The van der Waals surface area contributed by atoms with Crippen LogP contribution in [0.15, 0.2) is 0 Å². The van der Waals surface area contributed by atoms with Gasteiger partial charge in [0.1, 0.15) is 0 Å². The average Bonchev–Trinajstić information content (AvgIpc) is 1.69. The molecule has 0 atom stereocenters. The van der Waals surface area contributed by atoms with Crippen molar-refractivity contribution in [2.45, 2.75) is 19.3 Å². The van der Waals surface area contributed by atoms with Crippen molar-refractivity contribution >= 4 is 5.91 Å². The lowest BCUT2D eigenvalue weighted by atomic mass is 10.2. The van der Waals surface area contributed by atoms with Gasteiger partial charge in [-0.15, -0.1) is 0 Å². The zero-order chi connectivity index (χ0) is 5.11. The van der Waals surface area contributed by atoms with Gasteiger partial charge in [-0.1, -0.05) is 0 Å². The van der Waals surface area contributed by atoms with E-state index in [1.54, 1.807) is 0 Å². The standard InChI is InChI=1S/C5H9NO.H2O/c7-5-3-1-2-4-6-5;/h1-4H2,(H,6,7);1H2. The van der Waals surface area contributed by atoms with Gasteiger partial charge in [-0.25, -0.2) is 0 Å². The Kier molecular flexibility index (Phi) is 3.19. The molecule has 3 heteroatoms. The number of carbonyl (C=O) groups is 1. The van der Waals surface area contributed by atoms with Crippen LogP contribution in [0.2, 0.25) is 0 Å². The molecular weight excluding hydrogens is 106 g/mol. The highest BCUT2D eigenvalue weighted by molar-refractivity contribution is 5.76. The second-order valence-corrected chi connectivity index (χ2v) is 1.81. The zero-order valence-electron chi connectivity index (χ0n) is 4.74. The Balaban J connectivity index is 0.000000490. The molecule has 0 unspecified atom stereocenters. The molecule has 3 N–H and O–H groups in total. The van der Waals surface area contributed by atoms with Crippen molar-refractivity contribution < 1.29 is 10.3 Å². The maximum absolute atomic E-state index is 10.4. The quantitative estimate of drug-likeness (QED) is 0.455. The molecule has 1 aliphatic heterocycles. The summed E-state index contributed by atoms with van der Waals surface area (Å²) in [5, 5.41) is 2.74. The summed E-state index contributed by atoms with van der Waals surface area (Å²) in [6.07, 6.45) is 2.97. The number of hydrogen-bond acceptors (Lipinski definition) is 1. The van der Waals surface area contributed by atoms with Crippen LogP contribution in [-0.2, 0) is 4.79 Å². The number of carbonyl (C=O) groups excluding carboxylic acids is 1. The minimum Gasteiger partial charge on any atom is -0.412 e. The molecule has 8 heavy (non-hydrogen) atoms. The van der Waals surface area contributed by atoms with E-state index in [-0.39, 0.29) is 11.4 Å². The van der Waals surface area contributed by atoms with Gasteiger partial charge in [-0.3, -0.25) is 4.79 Å². The predicted octanol–water partition coefficient (Wildman–Crippen LogP) is -0.538. The molecule has 1 aliphatic rings. The van der Waals surface area contributed by atoms with Crippen LogP contribution in [0.4, 0.5) is 0 Å². The Morgan fingerprint density at radius 3 is 2.38 bits per heavy atom. The summed E-state index contributed by atoms with van der Waals surface area (Å²) >= 11 is 0. The molecule has 1 rings (SSSR count). The summed E-state index contributed by atoms with van der Waals surface area (Å²) in [5.41, 5.74) is 0. The molecule has 1 amide bonds. The van der Waals surface area contributed by atoms with Crippen LogP contribution < -0.4 is 5.32 Å². The molecule has 0 spiro atoms. The molecule has 0 aromatic carbocycles. The molecule has 0 bridgehead atoms. The molecule has 1 fully saturated rings. The molecule has 1 saturated heterocycles. The van der Waals surface area contributed by atoms with Crippen LogP contribution in [0.1, 0.15) is 19.3 Å². The third-order valence-electron chi connectivity index (χ3n) is 1.15. The van der Waals surface area contributed by atoms with Crippen molar-refractivity contribution in [3.05, 3.63) is 0 Å². The number of amides is 1. The van der Waals surface area contributed by atoms with Gasteiger partial charge in [-0.05, 0) is 12.8 Å². The lowest BCUT2D eigenvalue weighted by Crippen LogP contribution is -2.28. The third-order valence-corrected chi connectivity index (χ3v) is 1.15. The first-order valence-corrected chi connectivity index (χ1v) is 2.66. The fourth-order valence-electron chi connectivity index (χ4n) is 0.727. The van der Waals surface area contributed by atoms with Crippen LogP contribution in [0.25, 0.3) is 0 Å². The Morgan fingerprint density at radius 2 is 2.12 bits per heavy atom. The van der Waals surface area contributed by atoms with Gasteiger partial charge < -0.3 is 10.8 Å². The predicted molar refractivity (Wildman–Crippen MR) is 30.5 cm³/mol. The van der Waals surface area contributed by atoms with Gasteiger partial charge in [0.15, 0.2) is 0 Å². The number of rotatable bonds is 0. The van der Waals surface area contributed by atoms with E-state index in [1.165, 1.54) is 0 Å². The minimum atomic E-state index is 0. The summed E-state index contributed by atoms with van der Waals surface area (Å²) in [6, 6.07) is 0. The molecular formula is C5H11NO2. The van der Waals surface area contributed by atoms with E-state index in [1.807, 2.05) is 0 Å². The van der Waals surface area contributed by atoms with E-state index < -0.39 is 0 Å². The maximum Gasteiger partial charge on any atom is 0.219 e. The summed E-state index contributed by atoms with van der Waals surface area (Å²) in [7, 11) is 0. The van der Waals surface area contributed by atoms with E-state index >= 15 is 0 Å². The van der Waals surface area contributed by atoms with Crippen LogP contribution in [-0.4, -0.2) is 17.9 Å². The van der Waals surface area contributed by atoms with E-state index in [4.69, 9.17) is 0 Å². The fraction of sp³-hybridized carbons (Fsp3) is 0.800. The summed E-state index contributed by atoms with van der Waals surface area (Å²) in [5.74, 6) is 0.214. The number of nitrogens with one attached hydrogen (secondary N) is 1. The Morgan fingerprint density at radius 1 is 1.38 bits per heavy atom. The first kappa shape index (κ1) is 7.43. The summed E-state index contributed by atoms with van der Waals surface area (Å²) in [6.45, 7) is 0.888. The van der Waals surface area contributed by atoms with E-state index in [2.05, 4.69) is 5.32 Å². The normalized spacial score (nSPS) is 18.8. The van der Waals surface area contributed by atoms with Gasteiger partial charge in [0.05, 0.1) is 0 Å². The van der Waals surface area contributed by atoms with Crippen molar-refractivity contribution in [1.82, 2.24) is 5.32 Å². The molecule has 1 heterocycles. The average molecular weight is 117 g/mol. The zero-order valence-corrected chi connectivity index (χ0v) is 4.74. The van der Waals surface area contributed by atoms with E-state index in [0.29, 0.717) is 0 Å². The largest absolute Gasteiger partial charge is 0.412 e. The molecule has 0 aliphatic carbocycles. The van der Waals surface area contributed by atoms with Gasteiger partial charge in [-0.2, -0.15) is 0 Å². The van der Waals surface area contributed by atoms with Gasteiger partial charge in [0.2, 0.25) is 5.91 Å². The molecule has 0 aromatic heterocycles. The number of piperidine rings is 1. The lowest BCUT2D eigenvalue weighted by Gasteiger charge is -2.08. The highest BCUT2D eigenvalue weighted by Crippen LogP contribution is 1.98. The third kappa shape index (κ3) is 1.93. The Hall–Kier alpha value is -0.570. The van der Waals surface area contributed by atoms with E-state index in [9.17, 15) is 4.79 Å². The maximum atomic E-state index is 10.4.